The van der Waals surface area contributed by atoms with Crippen molar-refractivity contribution >= 4 is 11.6 Å². The normalized spacial score (nSPS) is 14.6. The summed E-state index contributed by atoms with van der Waals surface area (Å²) >= 11 is 0. The zero-order valence-corrected chi connectivity index (χ0v) is 9.94. The van der Waals surface area contributed by atoms with Crippen LogP contribution in [-0.2, 0) is 20.1 Å². The van der Waals surface area contributed by atoms with Crippen molar-refractivity contribution in [2.75, 3.05) is 12.3 Å². The summed E-state index contributed by atoms with van der Waals surface area (Å²) in [5.41, 5.74) is 6.45. The maximum atomic E-state index is 12.3. The van der Waals surface area contributed by atoms with Crippen LogP contribution in [0.2, 0.25) is 0 Å². The molecule has 8 nitrogen and oxygen atoms in total. The summed E-state index contributed by atoms with van der Waals surface area (Å²) in [6, 6.07) is 0. The van der Waals surface area contributed by atoms with Gasteiger partial charge >= 0.3 is 0 Å². The Kier molecular flexibility index (Phi) is 2.29. The predicted molar refractivity (Wildman–Crippen MR) is 62.4 cm³/mol. The Bertz CT molecular complexity index is 599. The van der Waals surface area contributed by atoms with Crippen LogP contribution in [0.3, 0.4) is 0 Å². The van der Waals surface area contributed by atoms with Crippen molar-refractivity contribution < 1.29 is 4.79 Å². The zero-order chi connectivity index (χ0) is 12.7. The third-order valence-electron chi connectivity index (χ3n) is 2.99. The molecule has 1 aliphatic heterocycles. The van der Waals surface area contributed by atoms with E-state index in [0.29, 0.717) is 31.0 Å². The third-order valence-corrected chi connectivity index (χ3v) is 2.99. The van der Waals surface area contributed by atoms with E-state index in [1.165, 1.54) is 4.68 Å². The molecule has 94 valence electrons. The molecule has 1 amide bonds. The number of carbonyl (C=O) groups excluding carboxylic acids is 1. The van der Waals surface area contributed by atoms with E-state index >= 15 is 0 Å². The lowest BCUT2D eigenvalue weighted by Crippen LogP contribution is -2.38. The average molecular weight is 247 g/mol. The summed E-state index contributed by atoms with van der Waals surface area (Å²) in [6.45, 7) is 1.75. The van der Waals surface area contributed by atoms with E-state index in [4.69, 9.17) is 5.73 Å². The lowest BCUT2D eigenvalue weighted by atomic mass is 10.3. The molecule has 0 saturated heterocycles. The van der Waals surface area contributed by atoms with E-state index in [1.807, 2.05) is 4.57 Å². The molecule has 3 heterocycles. The van der Waals surface area contributed by atoms with Crippen molar-refractivity contribution in [3.63, 3.8) is 0 Å². The monoisotopic (exact) mass is 247 g/mol. The second-order valence-electron chi connectivity index (χ2n) is 4.27. The number of aryl methyl sites for hydroxylation is 1. The summed E-state index contributed by atoms with van der Waals surface area (Å²) in [5.74, 6) is 0.617. The average Bonchev–Trinajstić information content (AvgIpc) is 2.93. The van der Waals surface area contributed by atoms with Gasteiger partial charge in [0.1, 0.15) is 6.33 Å². The quantitative estimate of drug-likeness (QED) is 0.715. The number of carbonyl (C=O) groups is 1. The van der Waals surface area contributed by atoms with Crippen LogP contribution in [0.1, 0.15) is 16.3 Å². The summed E-state index contributed by atoms with van der Waals surface area (Å²) in [6.07, 6.45) is 3.30. The first-order valence-corrected chi connectivity index (χ1v) is 5.60. The third kappa shape index (κ3) is 1.62. The molecular formula is C10H13N7O. The van der Waals surface area contributed by atoms with Crippen molar-refractivity contribution in [2.24, 2.45) is 7.05 Å². The molecular weight excluding hydrogens is 234 g/mol. The number of rotatable bonds is 1. The van der Waals surface area contributed by atoms with Gasteiger partial charge < -0.3 is 15.2 Å². The molecule has 1 aliphatic rings. The van der Waals surface area contributed by atoms with Crippen LogP contribution in [-0.4, -0.2) is 41.9 Å². The number of nitrogens with two attached hydrogens (primary N) is 1. The van der Waals surface area contributed by atoms with Crippen molar-refractivity contribution in [3.05, 3.63) is 24.0 Å². The number of nitrogen functional groups attached to an aromatic ring is 1. The summed E-state index contributed by atoms with van der Waals surface area (Å²) in [7, 11) is 1.74. The number of amides is 1. The Morgan fingerprint density at radius 2 is 2.28 bits per heavy atom. The molecule has 0 atom stereocenters. The fourth-order valence-corrected chi connectivity index (χ4v) is 2.06. The van der Waals surface area contributed by atoms with Gasteiger partial charge in [-0.05, 0) is 0 Å². The maximum Gasteiger partial charge on any atom is 0.276 e. The van der Waals surface area contributed by atoms with Gasteiger partial charge in [-0.1, -0.05) is 0 Å². The molecule has 0 aromatic carbocycles. The highest BCUT2D eigenvalue weighted by molar-refractivity contribution is 5.97. The second-order valence-corrected chi connectivity index (χ2v) is 4.27. The van der Waals surface area contributed by atoms with Crippen molar-refractivity contribution in [2.45, 2.75) is 13.1 Å². The smallest absolute Gasteiger partial charge is 0.276 e. The number of hydrogen-bond acceptors (Lipinski definition) is 5. The van der Waals surface area contributed by atoms with E-state index in [1.54, 1.807) is 24.5 Å². The Labute approximate surface area is 103 Å². The first kappa shape index (κ1) is 10.8. The molecule has 2 aromatic heterocycles. The van der Waals surface area contributed by atoms with E-state index in [0.717, 1.165) is 5.82 Å². The highest BCUT2D eigenvalue weighted by Gasteiger charge is 2.25. The minimum atomic E-state index is -0.164. The standard InChI is InChI=1S/C10H13N7O/c1-15-4-7(11)9(14-15)10(18)16-2-3-17-6-12-13-8(17)5-16/h4,6H,2-3,5,11H2,1H3. The van der Waals surface area contributed by atoms with E-state index in [-0.39, 0.29) is 5.91 Å². The summed E-state index contributed by atoms with van der Waals surface area (Å²) < 4.78 is 3.47. The Morgan fingerprint density at radius 1 is 1.44 bits per heavy atom. The molecule has 8 heteroatoms. The number of nitrogens with zero attached hydrogens (tertiary/aromatic N) is 6. The topological polar surface area (TPSA) is 94.9 Å². The van der Waals surface area contributed by atoms with Crippen LogP contribution in [0.4, 0.5) is 5.69 Å². The molecule has 2 N–H and O–H groups in total. The SMILES string of the molecule is Cn1cc(N)c(C(=O)N2CCn3cnnc3C2)n1. The fourth-order valence-electron chi connectivity index (χ4n) is 2.06. The van der Waals surface area contributed by atoms with E-state index in [2.05, 4.69) is 15.3 Å². The minimum Gasteiger partial charge on any atom is -0.396 e. The molecule has 18 heavy (non-hydrogen) atoms. The van der Waals surface area contributed by atoms with Crippen molar-refractivity contribution in [1.29, 1.82) is 0 Å². The van der Waals surface area contributed by atoms with Gasteiger partial charge in [0, 0.05) is 26.3 Å². The van der Waals surface area contributed by atoms with Crippen LogP contribution in [0.15, 0.2) is 12.5 Å². The summed E-state index contributed by atoms with van der Waals surface area (Å²) in [5, 5.41) is 11.9. The van der Waals surface area contributed by atoms with Crippen LogP contribution in [0.5, 0.6) is 0 Å². The van der Waals surface area contributed by atoms with Crippen LogP contribution < -0.4 is 5.73 Å². The number of anilines is 1. The molecule has 0 bridgehead atoms. The van der Waals surface area contributed by atoms with Gasteiger partial charge in [0.25, 0.3) is 5.91 Å². The first-order valence-electron chi connectivity index (χ1n) is 5.60. The lowest BCUT2D eigenvalue weighted by Gasteiger charge is -2.26. The van der Waals surface area contributed by atoms with Crippen molar-refractivity contribution in [3.8, 4) is 0 Å². The zero-order valence-electron chi connectivity index (χ0n) is 9.94. The van der Waals surface area contributed by atoms with Gasteiger partial charge in [-0.3, -0.25) is 9.48 Å². The first-order chi connectivity index (χ1) is 8.65. The Balaban J connectivity index is 1.85. The van der Waals surface area contributed by atoms with Gasteiger partial charge in [0.2, 0.25) is 0 Å². The molecule has 0 radical (unpaired) electrons. The highest BCUT2D eigenvalue weighted by atomic mass is 16.2. The van der Waals surface area contributed by atoms with Gasteiger partial charge in [0.05, 0.1) is 12.2 Å². The van der Waals surface area contributed by atoms with Crippen LogP contribution in [0, 0.1) is 0 Å². The van der Waals surface area contributed by atoms with Gasteiger partial charge in [-0.15, -0.1) is 10.2 Å². The van der Waals surface area contributed by atoms with Crippen LogP contribution >= 0.6 is 0 Å². The molecule has 0 aliphatic carbocycles. The lowest BCUT2D eigenvalue weighted by molar-refractivity contribution is 0.0701. The van der Waals surface area contributed by atoms with Crippen molar-refractivity contribution in [1.82, 2.24) is 29.4 Å². The largest absolute Gasteiger partial charge is 0.396 e. The number of fused-ring (bicyclic) bond motifs is 1. The number of hydrogen-bond donors (Lipinski definition) is 1. The Hall–Kier alpha value is -2.38. The minimum absolute atomic E-state index is 0.164. The van der Waals surface area contributed by atoms with E-state index < -0.39 is 0 Å². The summed E-state index contributed by atoms with van der Waals surface area (Å²) in [4.78, 5) is 14.0. The fraction of sp³-hybridized carbons (Fsp3) is 0.400. The molecule has 0 spiro atoms. The highest BCUT2D eigenvalue weighted by Crippen LogP contribution is 2.16. The maximum absolute atomic E-state index is 12.3. The van der Waals surface area contributed by atoms with Gasteiger partial charge in [-0.2, -0.15) is 5.10 Å². The molecule has 0 saturated carbocycles. The second kappa shape index (κ2) is 3.83. The number of aromatic nitrogens is 5. The molecule has 2 aromatic rings. The van der Waals surface area contributed by atoms with Gasteiger partial charge in [0.15, 0.2) is 11.5 Å². The molecule has 0 fully saturated rings. The predicted octanol–water partition coefficient (Wildman–Crippen LogP) is -0.750. The molecule has 0 unspecified atom stereocenters. The van der Waals surface area contributed by atoms with E-state index in [9.17, 15) is 4.79 Å². The van der Waals surface area contributed by atoms with Gasteiger partial charge in [-0.25, -0.2) is 0 Å². The molecule has 3 rings (SSSR count). The Morgan fingerprint density at radius 3 is 3.00 bits per heavy atom. The van der Waals surface area contributed by atoms with Crippen LogP contribution in [0.25, 0.3) is 0 Å².